The predicted molar refractivity (Wildman–Crippen MR) is 83.0 cm³/mol. The zero-order chi connectivity index (χ0) is 13.9. The molecule has 0 bridgehead atoms. The molecule has 0 unspecified atom stereocenters. The van der Waals surface area contributed by atoms with Crippen LogP contribution in [0.15, 0.2) is 24.3 Å². The van der Waals surface area contributed by atoms with Gasteiger partial charge in [-0.2, -0.15) is 5.10 Å². The molecule has 1 aromatic heterocycles. The smallest absolute Gasteiger partial charge is 0.151 e. The van der Waals surface area contributed by atoms with Crippen LogP contribution in [0.25, 0.3) is 11.3 Å². The van der Waals surface area contributed by atoms with Gasteiger partial charge in [0.05, 0.1) is 5.69 Å². The molecule has 0 amide bonds. The predicted octanol–water partition coefficient (Wildman–Crippen LogP) is 2.86. The largest absolute Gasteiger partial charge is 0.366 e. The van der Waals surface area contributed by atoms with Crippen molar-refractivity contribution in [3.63, 3.8) is 0 Å². The van der Waals surface area contributed by atoms with Crippen molar-refractivity contribution in [2.45, 2.75) is 32.7 Å². The number of rotatable bonds is 3. The lowest BCUT2D eigenvalue weighted by Gasteiger charge is -2.23. The van der Waals surface area contributed by atoms with Crippen molar-refractivity contribution in [1.29, 1.82) is 0 Å². The molecule has 4 nitrogen and oxygen atoms in total. The minimum absolute atomic E-state index is 0.532. The van der Waals surface area contributed by atoms with Gasteiger partial charge in [-0.15, -0.1) is 0 Å². The summed E-state index contributed by atoms with van der Waals surface area (Å²) in [5, 5.41) is 14.6. The molecule has 1 aliphatic heterocycles. The molecule has 1 aromatic carbocycles. The summed E-state index contributed by atoms with van der Waals surface area (Å²) in [6.45, 7) is 6.41. The molecule has 20 heavy (non-hydrogen) atoms. The number of nitrogens with zero attached hydrogens (tertiary/aromatic N) is 1. The number of aryl methyl sites for hydroxylation is 1. The second-order valence-corrected chi connectivity index (χ2v) is 5.61. The maximum absolute atomic E-state index is 4.45. The van der Waals surface area contributed by atoms with Gasteiger partial charge >= 0.3 is 0 Å². The Kier molecular flexibility index (Phi) is 3.74. The molecule has 0 spiro atoms. The van der Waals surface area contributed by atoms with Crippen molar-refractivity contribution in [1.82, 2.24) is 15.5 Å². The highest BCUT2D eigenvalue weighted by atomic mass is 15.2. The summed E-state index contributed by atoms with van der Waals surface area (Å²) in [4.78, 5) is 0. The van der Waals surface area contributed by atoms with E-state index in [1.807, 2.05) is 0 Å². The number of hydrogen-bond donors (Lipinski definition) is 3. The Hall–Kier alpha value is -1.81. The fraction of sp³-hybridized carbons (Fsp3) is 0.438. The molecule has 4 heteroatoms. The van der Waals surface area contributed by atoms with Gasteiger partial charge in [-0.25, -0.2) is 0 Å². The Balaban J connectivity index is 1.79. The van der Waals surface area contributed by atoms with Crippen molar-refractivity contribution < 1.29 is 0 Å². The lowest BCUT2D eigenvalue weighted by atomic mass is 10.0. The topological polar surface area (TPSA) is 52.7 Å². The molecule has 1 saturated heterocycles. The van der Waals surface area contributed by atoms with Gasteiger partial charge < -0.3 is 10.6 Å². The number of benzene rings is 1. The van der Waals surface area contributed by atoms with Crippen molar-refractivity contribution in [2.24, 2.45) is 0 Å². The molecular weight excluding hydrogens is 248 g/mol. The van der Waals surface area contributed by atoms with Gasteiger partial charge in [0, 0.05) is 11.6 Å². The number of piperidine rings is 1. The lowest BCUT2D eigenvalue weighted by molar-refractivity contribution is 0.478. The molecule has 3 rings (SSSR count). The average Bonchev–Trinajstić information content (AvgIpc) is 2.83. The minimum atomic E-state index is 0.532. The Morgan fingerprint density at radius 2 is 1.80 bits per heavy atom. The molecule has 2 heterocycles. The SMILES string of the molecule is Cc1ccc(-c2[nH]nc(NC3CCNCC3)c2C)cc1. The van der Waals surface area contributed by atoms with E-state index in [1.165, 1.54) is 16.7 Å². The monoisotopic (exact) mass is 270 g/mol. The van der Waals surface area contributed by atoms with E-state index in [0.29, 0.717) is 6.04 Å². The summed E-state index contributed by atoms with van der Waals surface area (Å²) < 4.78 is 0. The van der Waals surface area contributed by atoms with Crippen LogP contribution in [0.4, 0.5) is 5.82 Å². The summed E-state index contributed by atoms with van der Waals surface area (Å²) in [5.74, 6) is 0.993. The molecule has 0 radical (unpaired) electrons. The molecule has 0 aliphatic carbocycles. The van der Waals surface area contributed by atoms with E-state index in [2.05, 4.69) is 58.9 Å². The summed E-state index contributed by atoms with van der Waals surface area (Å²) in [5.41, 5.74) is 4.78. The van der Waals surface area contributed by atoms with Crippen molar-refractivity contribution in [3.05, 3.63) is 35.4 Å². The molecule has 1 aliphatic rings. The third-order valence-corrected chi connectivity index (χ3v) is 4.03. The van der Waals surface area contributed by atoms with E-state index < -0.39 is 0 Å². The summed E-state index contributed by atoms with van der Waals surface area (Å²) in [6, 6.07) is 9.09. The van der Waals surface area contributed by atoms with Crippen LogP contribution < -0.4 is 10.6 Å². The first-order chi connectivity index (χ1) is 9.74. The number of H-pyrrole nitrogens is 1. The molecule has 0 atom stereocenters. The maximum Gasteiger partial charge on any atom is 0.151 e. The number of aromatic amines is 1. The van der Waals surface area contributed by atoms with E-state index >= 15 is 0 Å². The first-order valence-electron chi connectivity index (χ1n) is 7.33. The minimum Gasteiger partial charge on any atom is -0.366 e. The fourth-order valence-electron chi connectivity index (χ4n) is 2.70. The molecule has 3 N–H and O–H groups in total. The van der Waals surface area contributed by atoms with Crippen molar-refractivity contribution >= 4 is 5.82 Å². The summed E-state index contributed by atoms with van der Waals surface area (Å²) >= 11 is 0. The van der Waals surface area contributed by atoms with Gasteiger partial charge in [-0.1, -0.05) is 29.8 Å². The van der Waals surface area contributed by atoms with Crippen LogP contribution in [0, 0.1) is 13.8 Å². The highest BCUT2D eigenvalue weighted by molar-refractivity contribution is 5.68. The van der Waals surface area contributed by atoms with Gasteiger partial charge in [0.25, 0.3) is 0 Å². The second kappa shape index (κ2) is 5.67. The van der Waals surface area contributed by atoms with Crippen LogP contribution in [-0.4, -0.2) is 29.3 Å². The molecular formula is C16H22N4. The Morgan fingerprint density at radius 3 is 2.50 bits per heavy atom. The van der Waals surface area contributed by atoms with E-state index in [0.717, 1.165) is 37.4 Å². The van der Waals surface area contributed by atoms with Gasteiger partial charge in [-0.3, -0.25) is 5.10 Å². The average molecular weight is 270 g/mol. The Morgan fingerprint density at radius 1 is 1.10 bits per heavy atom. The van der Waals surface area contributed by atoms with Crippen LogP contribution in [0.5, 0.6) is 0 Å². The zero-order valence-electron chi connectivity index (χ0n) is 12.2. The molecule has 0 saturated carbocycles. The van der Waals surface area contributed by atoms with Crippen LogP contribution in [0.1, 0.15) is 24.0 Å². The first-order valence-corrected chi connectivity index (χ1v) is 7.33. The van der Waals surface area contributed by atoms with E-state index in [-0.39, 0.29) is 0 Å². The van der Waals surface area contributed by atoms with Crippen LogP contribution >= 0.6 is 0 Å². The molecule has 2 aromatic rings. The maximum atomic E-state index is 4.45. The van der Waals surface area contributed by atoms with Crippen LogP contribution in [0.2, 0.25) is 0 Å². The van der Waals surface area contributed by atoms with E-state index in [9.17, 15) is 0 Å². The van der Waals surface area contributed by atoms with Crippen LogP contribution in [0.3, 0.4) is 0 Å². The third-order valence-electron chi connectivity index (χ3n) is 4.03. The number of aromatic nitrogens is 2. The first kappa shape index (κ1) is 13.2. The normalized spacial score (nSPS) is 16.3. The van der Waals surface area contributed by atoms with E-state index in [1.54, 1.807) is 0 Å². The molecule has 106 valence electrons. The highest BCUT2D eigenvalue weighted by Gasteiger charge is 2.16. The highest BCUT2D eigenvalue weighted by Crippen LogP contribution is 2.27. The number of nitrogens with one attached hydrogen (secondary N) is 3. The lowest BCUT2D eigenvalue weighted by Crippen LogP contribution is -2.35. The summed E-state index contributed by atoms with van der Waals surface area (Å²) in [7, 11) is 0. The van der Waals surface area contributed by atoms with Crippen molar-refractivity contribution in [2.75, 3.05) is 18.4 Å². The number of anilines is 1. The quantitative estimate of drug-likeness (QED) is 0.804. The third kappa shape index (κ3) is 2.70. The summed E-state index contributed by atoms with van der Waals surface area (Å²) in [6.07, 6.45) is 2.32. The van der Waals surface area contributed by atoms with Gasteiger partial charge in [0.2, 0.25) is 0 Å². The van der Waals surface area contributed by atoms with Gasteiger partial charge in [0.15, 0.2) is 5.82 Å². The molecule has 1 fully saturated rings. The van der Waals surface area contributed by atoms with Gasteiger partial charge in [0.1, 0.15) is 0 Å². The Labute approximate surface area is 120 Å². The van der Waals surface area contributed by atoms with Crippen molar-refractivity contribution in [3.8, 4) is 11.3 Å². The fourth-order valence-corrected chi connectivity index (χ4v) is 2.70. The van der Waals surface area contributed by atoms with Crippen LogP contribution in [-0.2, 0) is 0 Å². The Bertz CT molecular complexity index is 565. The standard InChI is InChI=1S/C16H22N4/c1-11-3-5-13(6-4-11)15-12(2)16(20-19-15)18-14-7-9-17-10-8-14/h3-6,14,17H,7-10H2,1-2H3,(H2,18,19,20). The second-order valence-electron chi connectivity index (χ2n) is 5.61. The number of hydrogen-bond acceptors (Lipinski definition) is 3. The van der Waals surface area contributed by atoms with Gasteiger partial charge in [-0.05, 0) is 45.3 Å². The zero-order valence-corrected chi connectivity index (χ0v) is 12.2. The van der Waals surface area contributed by atoms with E-state index in [4.69, 9.17) is 0 Å².